The van der Waals surface area contributed by atoms with E-state index in [1.165, 1.54) is 10.9 Å². The van der Waals surface area contributed by atoms with Crippen LogP contribution in [0.2, 0.25) is 5.02 Å². The first-order valence-electron chi connectivity index (χ1n) is 5.52. The summed E-state index contributed by atoms with van der Waals surface area (Å²) in [5, 5.41) is 14.5. The zero-order chi connectivity index (χ0) is 14.0. The van der Waals surface area contributed by atoms with Gasteiger partial charge in [-0.2, -0.15) is 4.68 Å². The summed E-state index contributed by atoms with van der Waals surface area (Å²) in [7, 11) is 1.58. The molecule has 0 atom stereocenters. The molecule has 0 fully saturated rings. The molecular weight excluding hydrogens is 270 g/mol. The molecule has 19 heavy (non-hydrogen) atoms. The van der Waals surface area contributed by atoms with Crippen LogP contribution in [0.1, 0.15) is 11.1 Å². The summed E-state index contributed by atoms with van der Waals surface area (Å²) in [6, 6.07) is 5.73. The Bertz CT molecular complexity index is 625. The lowest BCUT2D eigenvalue weighted by atomic mass is 10.1. The molecule has 0 aliphatic carbocycles. The van der Waals surface area contributed by atoms with Gasteiger partial charge < -0.3 is 14.9 Å². The fraction of sp³-hybridized carbons (Fsp3) is 0.250. The maximum absolute atomic E-state index is 10.7. The van der Waals surface area contributed by atoms with Crippen molar-refractivity contribution in [3.05, 3.63) is 50.7 Å². The maximum atomic E-state index is 10.7. The average Bonchev–Trinajstić information content (AvgIpc) is 2.71. The van der Waals surface area contributed by atoms with Gasteiger partial charge in [0.25, 0.3) is 0 Å². The number of methoxy groups -OCH3 is 1. The second kappa shape index (κ2) is 5.27. The second-order valence-corrected chi connectivity index (χ2v) is 4.48. The number of benzene rings is 1. The highest BCUT2D eigenvalue weighted by Gasteiger charge is 2.19. The van der Waals surface area contributed by atoms with E-state index in [1.807, 2.05) is 25.1 Å². The Balaban J connectivity index is 2.33. The molecule has 0 aliphatic heterocycles. The van der Waals surface area contributed by atoms with Crippen LogP contribution in [0, 0.1) is 17.0 Å². The predicted octanol–water partition coefficient (Wildman–Crippen LogP) is 2.81. The minimum absolute atomic E-state index is 0.0246. The number of ether oxygens (including phenoxy) is 1. The molecule has 0 amide bonds. The molecule has 0 bridgehead atoms. The van der Waals surface area contributed by atoms with Gasteiger partial charge in [-0.25, -0.2) is 0 Å². The smallest absolute Gasteiger partial charge is 0.408 e. The quantitative estimate of drug-likeness (QED) is 0.638. The molecule has 7 heteroatoms. The van der Waals surface area contributed by atoms with E-state index in [2.05, 4.69) is 5.10 Å². The number of hydrogen-bond acceptors (Lipinski definition) is 4. The molecule has 0 N–H and O–H groups in total. The Hall–Kier alpha value is -2.08. The number of hydrogen-bond donors (Lipinski definition) is 0. The van der Waals surface area contributed by atoms with E-state index in [0.717, 1.165) is 11.1 Å². The lowest BCUT2D eigenvalue weighted by Gasteiger charge is -2.07. The minimum Gasteiger partial charge on any atom is -0.496 e. The van der Waals surface area contributed by atoms with E-state index in [1.54, 1.807) is 7.11 Å². The SMILES string of the molecule is COc1ccc(C)cc1Cn1cc(Cl)c([N+](=O)[O-])n1. The zero-order valence-corrected chi connectivity index (χ0v) is 11.2. The summed E-state index contributed by atoms with van der Waals surface area (Å²) >= 11 is 5.75. The predicted molar refractivity (Wildman–Crippen MR) is 70.7 cm³/mol. The van der Waals surface area contributed by atoms with Crippen LogP contribution >= 0.6 is 11.6 Å². The van der Waals surface area contributed by atoms with E-state index in [9.17, 15) is 10.1 Å². The van der Waals surface area contributed by atoms with E-state index in [4.69, 9.17) is 16.3 Å². The van der Waals surface area contributed by atoms with E-state index in [-0.39, 0.29) is 10.8 Å². The number of aryl methyl sites for hydroxylation is 1. The highest BCUT2D eigenvalue weighted by atomic mass is 35.5. The number of nitrogens with zero attached hydrogens (tertiary/aromatic N) is 3. The van der Waals surface area contributed by atoms with Gasteiger partial charge in [0.2, 0.25) is 0 Å². The lowest BCUT2D eigenvalue weighted by molar-refractivity contribution is -0.389. The fourth-order valence-electron chi connectivity index (χ4n) is 1.80. The summed E-state index contributed by atoms with van der Waals surface area (Å²) < 4.78 is 6.68. The highest BCUT2D eigenvalue weighted by Crippen LogP contribution is 2.24. The van der Waals surface area contributed by atoms with Crippen LogP contribution in [0.3, 0.4) is 0 Å². The van der Waals surface area contributed by atoms with Gasteiger partial charge in [0.15, 0.2) is 5.02 Å². The molecule has 2 aromatic rings. The van der Waals surface area contributed by atoms with Crippen molar-refractivity contribution >= 4 is 17.4 Å². The first-order chi connectivity index (χ1) is 9.01. The van der Waals surface area contributed by atoms with Gasteiger partial charge in [-0.05, 0) is 17.9 Å². The van der Waals surface area contributed by atoms with Crippen molar-refractivity contribution in [3.8, 4) is 5.75 Å². The van der Waals surface area contributed by atoms with Gasteiger partial charge in [0.05, 0.1) is 25.0 Å². The monoisotopic (exact) mass is 281 g/mol. The van der Waals surface area contributed by atoms with Crippen LogP contribution in [-0.2, 0) is 6.54 Å². The minimum atomic E-state index is -0.605. The first kappa shape index (κ1) is 13.4. The summed E-state index contributed by atoms with van der Waals surface area (Å²) in [5.74, 6) is 0.369. The first-order valence-corrected chi connectivity index (χ1v) is 5.90. The summed E-state index contributed by atoms with van der Waals surface area (Å²) in [6.45, 7) is 2.32. The third-order valence-electron chi connectivity index (χ3n) is 2.64. The Morgan fingerprint density at radius 2 is 2.26 bits per heavy atom. The van der Waals surface area contributed by atoms with Crippen molar-refractivity contribution in [2.24, 2.45) is 0 Å². The van der Waals surface area contributed by atoms with Crippen LogP contribution < -0.4 is 4.74 Å². The number of aromatic nitrogens is 2. The van der Waals surface area contributed by atoms with Gasteiger partial charge in [-0.15, -0.1) is 0 Å². The summed E-state index contributed by atoms with van der Waals surface area (Å²) in [4.78, 5) is 10.1. The number of nitro groups is 1. The van der Waals surface area contributed by atoms with Gasteiger partial charge in [-0.3, -0.25) is 0 Å². The van der Waals surface area contributed by atoms with E-state index in [0.29, 0.717) is 12.3 Å². The number of rotatable bonds is 4. The Morgan fingerprint density at radius 3 is 2.84 bits per heavy atom. The number of halogens is 1. The molecule has 0 saturated carbocycles. The Kier molecular flexibility index (Phi) is 3.71. The molecule has 0 saturated heterocycles. The molecule has 0 radical (unpaired) electrons. The Morgan fingerprint density at radius 1 is 1.53 bits per heavy atom. The molecule has 0 unspecified atom stereocenters. The molecule has 0 spiro atoms. The Labute approximate surface area is 114 Å². The normalized spacial score (nSPS) is 10.5. The molecule has 0 aliphatic rings. The topological polar surface area (TPSA) is 70.2 Å². The van der Waals surface area contributed by atoms with Crippen molar-refractivity contribution < 1.29 is 9.66 Å². The summed E-state index contributed by atoms with van der Waals surface area (Å²) in [5.41, 5.74) is 1.96. The van der Waals surface area contributed by atoms with Gasteiger partial charge in [-0.1, -0.05) is 29.3 Å². The second-order valence-electron chi connectivity index (χ2n) is 4.07. The van der Waals surface area contributed by atoms with Crippen LogP contribution in [-0.4, -0.2) is 21.8 Å². The molecule has 6 nitrogen and oxygen atoms in total. The van der Waals surface area contributed by atoms with Gasteiger partial charge in [0.1, 0.15) is 5.75 Å². The lowest BCUT2D eigenvalue weighted by Crippen LogP contribution is -2.03. The molecule has 1 heterocycles. The third-order valence-corrected chi connectivity index (χ3v) is 2.91. The molecule has 1 aromatic heterocycles. The van der Waals surface area contributed by atoms with Crippen LogP contribution in [0.15, 0.2) is 24.4 Å². The van der Waals surface area contributed by atoms with Crippen molar-refractivity contribution in [2.75, 3.05) is 7.11 Å². The van der Waals surface area contributed by atoms with Crippen molar-refractivity contribution in [1.82, 2.24) is 9.78 Å². The highest BCUT2D eigenvalue weighted by molar-refractivity contribution is 6.32. The van der Waals surface area contributed by atoms with Crippen LogP contribution in [0.4, 0.5) is 5.82 Å². The molecule has 100 valence electrons. The molecular formula is C12H12ClN3O3. The third kappa shape index (κ3) is 2.85. The van der Waals surface area contributed by atoms with Crippen LogP contribution in [0.25, 0.3) is 0 Å². The largest absolute Gasteiger partial charge is 0.496 e. The average molecular weight is 282 g/mol. The van der Waals surface area contributed by atoms with Crippen molar-refractivity contribution in [1.29, 1.82) is 0 Å². The van der Waals surface area contributed by atoms with E-state index < -0.39 is 4.92 Å². The van der Waals surface area contributed by atoms with Gasteiger partial charge >= 0.3 is 5.82 Å². The molecule has 1 aromatic carbocycles. The van der Waals surface area contributed by atoms with Crippen molar-refractivity contribution in [3.63, 3.8) is 0 Å². The zero-order valence-electron chi connectivity index (χ0n) is 10.5. The molecule has 2 rings (SSSR count). The van der Waals surface area contributed by atoms with E-state index >= 15 is 0 Å². The fourth-order valence-corrected chi connectivity index (χ4v) is 2.02. The van der Waals surface area contributed by atoms with Gasteiger partial charge in [0, 0.05) is 5.56 Å². The standard InChI is InChI=1S/C12H12ClN3O3/c1-8-3-4-11(19-2)9(5-8)6-15-7-10(13)12(14-15)16(17)18/h3-5,7H,6H2,1-2H3. The van der Waals surface area contributed by atoms with Crippen LogP contribution in [0.5, 0.6) is 5.75 Å². The summed E-state index contributed by atoms with van der Waals surface area (Å²) in [6.07, 6.45) is 1.43. The maximum Gasteiger partial charge on any atom is 0.408 e. The van der Waals surface area contributed by atoms with Crippen molar-refractivity contribution in [2.45, 2.75) is 13.5 Å².